The Kier molecular flexibility index (Phi) is 11.1. The van der Waals surface area contributed by atoms with Gasteiger partial charge in [0.1, 0.15) is 11.4 Å². The Morgan fingerprint density at radius 1 is 0.833 bits per heavy atom. The van der Waals surface area contributed by atoms with E-state index >= 15 is 0 Å². The first-order valence-corrected chi connectivity index (χ1v) is 14.7. The number of carbonyl (C=O) groups excluding carboxylic acids is 3. The van der Waals surface area contributed by atoms with Gasteiger partial charge in [0, 0.05) is 21.8 Å². The van der Waals surface area contributed by atoms with Gasteiger partial charge in [-0.05, 0) is 79.2 Å². The molecule has 0 spiro atoms. The van der Waals surface area contributed by atoms with Crippen LogP contribution in [0.3, 0.4) is 0 Å². The van der Waals surface area contributed by atoms with Crippen molar-refractivity contribution in [1.82, 2.24) is 5.32 Å². The van der Waals surface area contributed by atoms with Gasteiger partial charge < -0.3 is 20.7 Å². The lowest BCUT2D eigenvalue weighted by molar-refractivity contribution is -0.114. The van der Waals surface area contributed by atoms with Crippen LogP contribution in [-0.2, 0) is 9.59 Å². The van der Waals surface area contributed by atoms with Gasteiger partial charge in [-0.3, -0.25) is 14.4 Å². The minimum atomic E-state index is -0.564. The molecule has 7 nitrogen and oxygen atoms in total. The van der Waals surface area contributed by atoms with Crippen molar-refractivity contribution in [3.63, 3.8) is 0 Å². The fourth-order valence-electron chi connectivity index (χ4n) is 3.74. The quantitative estimate of drug-likeness (QED) is 0.119. The lowest BCUT2D eigenvalue weighted by Crippen LogP contribution is -2.30. The maximum atomic E-state index is 13.4. The van der Waals surface area contributed by atoms with Crippen molar-refractivity contribution in [2.75, 3.05) is 23.0 Å². The average molecular weight is 621 g/mol. The Morgan fingerprint density at radius 2 is 1.57 bits per heavy atom. The molecule has 0 aliphatic carbocycles. The number of amides is 3. The van der Waals surface area contributed by atoms with E-state index in [0.29, 0.717) is 34.1 Å². The smallest absolute Gasteiger partial charge is 0.272 e. The van der Waals surface area contributed by atoms with Crippen molar-refractivity contribution in [3.8, 4) is 5.75 Å². The van der Waals surface area contributed by atoms with Gasteiger partial charge in [0.2, 0.25) is 5.91 Å². The number of carbonyl (C=O) groups is 3. The van der Waals surface area contributed by atoms with Crippen LogP contribution in [0.1, 0.15) is 22.8 Å². The van der Waals surface area contributed by atoms with Crippen LogP contribution in [0.2, 0.25) is 10.0 Å². The van der Waals surface area contributed by atoms with Crippen molar-refractivity contribution in [1.29, 1.82) is 0 Å². The Labute approximate surface area is 258 Å². The second-order valence-corrected chi connectivity index (χ2v) is 10.6. The topological polar surface area (TPSA) is 96.5 Å². The van der Waals surface area contributed by atoms with E-state index in [1.54, 1.807) is 91.0 Å². The molecule has 0 saturated carbocycles. The van der Waals surface area contributed by atoms with Gasteiger partial charge >= 0.3 is 0 Å². The highest BCUT2D eigenvalue weighted by Gasteiger charge is 2.16. The molecule has 3 N–H and O–H groups in total. The largest absolute Gasteiger partial charge is 0.494 e. The Hall–Kier alpha value is -4.24. The second-order valence-electron chi connectivity index (χ2n) is 8.80. The van der Waals surface area contributed by atoms with Gasteiger partial charge in [0.05, 0.1) is 22.4 Å². The highest BCUT2D eigenvalue weighted by molar-refractivity contribution is 8.00. The van der Waals surface area contributed by atoms with Gasteiger partial charge in [-0.1, -0.05) is 59.6 Å². The first-order valence-electron chi connectivity index (χ1n) is 12.9. The summed E-state index contributed by atoms with van der Waals surface area (Å²) in [6.07, 6.45) is 1.47. The summed E-state index contributed by atoms with van der Waals surface area (Å²) >= 11 is 13.8. The number of halogens is 2. The predicted molar refractivity (Wildman–Crippen MR) is 170 cm³/mol. The maximum absolute atomic E-state index is 13.4. The number of hydrogen-bond acceptors (Lipinski definition) is 5. The molecule has 4 aromatic carbocycles. The third kappa shape index (κ3) is 8.88. The molecule has 3 amide bonds. The normalized spacial score (nSPS) is 11.0. The SMILES string of the molecule is CCOc1ccc(NC(=O)CSc2cccc(NC(=O)/C(=C\c3cccc(Cl)c3Cl)NC(=O)c3ccccc3)c2)cc1. The van der Waals surface area contributed by atoms with Gasteiger partial charge in [-0.25, -0.2) is 0 Å². The zero-order valence-corrected chi connectivity index (χ0v) is 24.9. The van der Waals surface area contributed by atoms with Crippen LogP contribution in [0.5, 0.6) is 5.75 Å². The first kappa shape index (κ1) is 30.7. The highest BCUT2D eigenvalue weighted by atomic mass is 35.5. The number of rotatable bonds is 11. The number of ether oxygens (including phenoxy) is 1. The summed E-state index contributed by atoms with van der Waals surface area (Å²) < 4.78 is 5.42. The van der Waals surface area contributed by atoms with E-state index in [9.17, 15) is 14.4 Å². The zero-order chi connectivity index (χ0) is 29.9. The average Bonchev–Trinajstić information content (AvgIpc) is 2.99. The molecule has 0 aromatic heterocycles. The van der Waals surface area contributed by atoms with Crippen molar-refractivity contribution >= 4 is 70.1 Å². The van der Waals surface area contributed by atoms with Gasteiger partial charge in [0.15, 0.2) is 0 Å². The Balaban J connectivity index is 1.44. The van der Waals surface area contributed by atoms with Crippen LogP contribution >= 0.6 is 35.0 Å². The number of nitrogens with one attached hydrogen (secondary N) is 3. The molecule has 10 heteroatoms. The summed E-state index contributed by atoms with van der Waals surface area (Å²) in [6, 6.07) is 27.8. The number of benzene rings is 4. The maximum Gasteiger partial charge on any atom is 0.272 e. The lowest BCUT2D eigenvalue weighted by Gasteiger charge is -2.13. The molecule has 4 aromatic rings. The molecule has 0 aliphatic rings. The van der Waals surface area contributed by atoms with E-state index in [1.165, 1.54) is 17.8 Å². The monoisotopic (exact) mass is 619 g/mol. The summed E-state index contributed by atoms with van der Waals surface area (Å²) in [5.74, 6) is -0.303. The van der Waals surface area contributed by atoms with Crippen molar-refractivity contribution in [3.05, 3.63) is 124 Å². The minimum Gasteiger partial charge on any atom is -0.494 e. The van der Waals surface area contributed by atoms with E-state index in [2.05, 4.69) is 16.0 Å². The molecular formula is C32H27Cl2N3O4S. The first-order chi connectivity index (χ1) is 20.3. The fraction of sp³-hybridized carbons (Fsp3) is 0.0938. The van der Waals surface area contributed by atoms with Crippen LogP contribution < -0.4 is 20.7 Å². The van der Waals surface area contributed by atoms with Gasteiger partial charge in [-0.15, -0.1) is 11.8 Å². The summed E-state index contributed by atoms with van der Waals surface area (Å²) in [5, 5.41) is 8.91. The molecule has 0 bridgehead atoms. The molecule has 0 heterocycles. The molecule has 0 atom stereocenters. The fourth-order valence-corrected chi connectivity index (χ4v) is 4.86. The lowest BCUT2D eigenvalue weighted by atomic mass is 10.1. The van der Waals surface area contributed by atoms with E-state index in [4.69, 9.17) is 27.9 Å². The summed E-state index contributed by atoms with van der Waals surface area (Å²) in [5.41, 5.74) is 1.97. The summed E-state index contributed by atoms with van der Waals surface area (Å²) in [6.45, 7) is 2.47. The molecular weight excluding hydrogens is 593 g/mol. The van der Waals surface area contributed by atoms with E-state index in [1.807, 2.05) is 13.0 Å². The van der Waals surface area contributed by atoms with Crippen LogP contribution in [0.15, 0.2) is 108 Å². The Bertz CT molecular complexity index is 1600. The number of anilines is 2. The highest BCUT2D eigenvalue weighted by Crippen LogP contribution is 2.28. The van der Waals surface area contributed by atoms with Crippen LogP contribution in [0, 0.1) is 0 Å². The minimum absolute atomic E-state index is 0.0270. The van der Waals surface area contributed by atoms with Crippen LogP contribution in [0.25, 0.3) is 6.08 Å². The van der Waals surface area contributed by atoms with Crippen molar-refractivity contribution in [2.45, 2.75) is 11.8 Å². The van der Waals surface area contributed by atoms with E-state index in [-0.39, 0.29) is 22.4 Å². The number of thioether (sulfide) groups is 1. The molecule has 42 heavy (non-hydrogen) atoms. The van der Waals surface area contributed by atoms with Gasteiger partial charge in [0.25, 0.3) is 11.8 Å². The molecule has 0 radical (unpaired) electrons. The Morgan fingerprint density at radius 3 is 2.31 bits per heavy atom. The molecule has 214 valence electrons. The third-order valence-electron chi connectivity index (χ3n) is 5.72. The van der Waals surface area contributed by atoms with Crippen molar-refractivity contribution < 1.29 is 19.1 Å². The third-order valence-corrected chi connectivity index (χ3v) is 7.55. The second kappa shape index (κ2) is 15.1. The zero-order valence-electron chi connectivity index (χ0n) is 22.5. The van der Waals surface area contributed by atoms with Crippen molar-refractivity contribution in [2.24, 2.45) is 0 Å². The van der Waals surface area contributed by atoms with Crippen LogP contribution in [0.4, 0.5) is 11.4 Å². The molecule has 0 unspecified atom stereocenters. The molecule has 0 fully saturated rings. The van der Waals surface area contributed by atoms with Gasteiger partial charge in [-0.2, -0.15) is 0 Å². The predicted octanol–water partition coefficient (Wildman–Crippen LogP) is 7.53. The molecule has 0 saturated heterocycles. The summed E-state index contributed by atoms with van der Waals surface area (Å²) in [7, 11) is 0. The molecule has 4 rings (SSSR count). The summed E-state index contributed by atoms with van der Waals surface area (Å²) in [4.78, 5) is 39.5. The van der Waals surface area contributed by atoms with E-state index in [0.717, 1.165) is 10.6 Å². The van der Waals surface area contributed by atoms with E-state index < -0.39 is 11.8 Å². The van der Waals surface area contributed by atoms with Crippen LogP contribution in [-0.4, -0.2) is 30.1 Å². The molecule has 0 aliphatic heterocycles. The number of hydrogen-bond donors (Lipinski definition) is 3. The standard InChI is InChI=1S/C32H27Cl2N3O4S/c1-2-41-25-16-14-23(15-17-25)35-29(38)20-42-26-12-7-11-24(19-26)36-32(40)28(18-22-10-6-13-27(33)30(22)34)37-31(39)21-8-4-3-5-9-21/h3-19H,2,20H2,1H3,(H,35,38)(H,36,40)(H,37,39)/b28-18+.